The number of hydrogen-bond acceptors (Lipinski definition) is 10. The van der Waals surface area contributed by atoms with Crippen molar-refractivity contribution in [2.45, 2.75) is 57.5 Å². The number of nitrogens with two attached hydrogens (primary N) is 1. The second-order valence-corrected chi connectivity index (χ2v) is 12.8. The highest BCUT2D eigenvalue weighted by atomic mass is 19.4. The lowest BCUT2D eigenvalue weighted by atomic mass is 9.81. The van der Waals surface area contributed by atoms with Crippen molar-refractivity contribution in [3.8, 4) is 29.2 Å². The Morgan fingerprint density at radius 1 is 1.17 bits per heavy atom. The van der Waals surface area contributed by atoms with Crippen molar-refractivity contribution < 1.29 is 31.4 Å². The van der Waals surface area contributed by atoms with E-state index >= 15 is 8.78 Å². The Morgan fingerprint density at radius 3 is 2.50 bits per heavy atom. The summed E-state index contributed by atoms with van der Waals surface area (Å²) < 4.78 is 86.9. The molecule has 0 amide bonds. The molecular formula is C31H35F5N8O2. The fourth-order valence-electron chi connectivity index (χ4n) is 7.09. The van der Waals surface area contributed by atoms with Crippen LogP contribution in [0.15, 0.2) is 6.07 Å². The molecule has 0 aliphatic carbocycles. The van der Waals surface area contributed by atoms with Crippen LogP contribution in [0.25, 0.3) is 22.2 Å². The molecule has 3 aliphatic rings. The van der Waals surface area contributed by atoms with Crippen LogP contribution in [-0.2, 0) is 6.18 Å². The number of benzene rings is 1. The molecule has 3 aromatic rings. The Balaban J connectivity index is 1.58. The first kappa shape index (κ1) is 31.9. The number of nitrogen functional groups attached to an aromatic ring is 1. The first-order valence-corrected chi connectivity index (χ1v) is 15.1. The van der Waals surface area contributed by atoms with E-state index in [1.165, 1.54) is 14.0 Å². The number of aryl methyl sites for hydroxylation is 1. The van der Waals surface area contributed by atoms with Crippen LogP contribution < -0.4 is 25.4 Å². The largest absolute Gasteiger partial charge is 0.480 e. The number of aromatic nitrogens is 3. The van der Waals surface area contributed by atoms with Gasteiger partial charge < -0.3 is 30.3 Å². The summed E-state index contributed by atoms with van der Waals surface area (Å²) in [5.41, 5.74) is 0.621. The van der Waals surface area contributed by atoms with Crippen LogP contribution in [-0.4, -0.2) is 85.1 Å². The molecule has 0 spiro atoms. The number of likely N-dealkylation sites (tertiary alicyclic amines) is 1. The maximum absolute atomic E-state index is 16.8. The zero-order valence-corrected chi connectivity index (χ0v) is 25.9. The van der Waals surface area contributed by atoms with Crippen LogP contribution in [0, 0.1) is 29.5 Å². The molecule has 0 radical (unpaired) electrons. The topological polar surface area (TPSA) is 125 Å². The maximum atomic E-state index is 16.8. The van der Waals surface area contributed by atoms with Crippen molar-refractivity contribution in [2.75, 3.05) is 57.6 Å². The summed E-state index contributed by atoms with van der Waals surface area (Å²) in [5.74, 6) is -1.24. The van der Waals surface area contributed by atoms with E-state index in [1.54, 1.807) is 13.0 Å². The summed E-state index contributed by atoms with van der Waals surface area (Å²) in [6.07, 6.45) is -3.98. The van der Waals surface area contributed by atoms with Gasteiger partial charge in [-0.3, -0.25) is 0 Å². The fourth-order valence-corrected chi connectivity index (χ4v) is 7.09. The number of nitrogens with zero attached hydrogens (tertiary/aromatic N) is 6. The predicted molar refractivity (Wildman–Crippen MR) is 161 cm³/mol. The lowest BCUT2D eigenvalue weighted by Crippen LogP contribution is -2.51. The second-order valence-electron chi connectivity index (χ2n) is 12.8. The third-order valence-corrected chi connectivity index (χ3v) is 9.29. The molecule has 0 saturated carbocycles. The van der Waals surface area contributed by atoms with Crippen molar-refractivity contribution in [1.82, 2.24) is 25.2 Å². The zero-order valence-electron chi connectivity index (χ0n) is 25.9. The zero-order chi connectivity index (χ0) is 33.1. The van der Waals surface area contributed by atoms with Gasteiger partial charge in [-0.2, -0.15) is 28.4 Å². The quantitative estimate of drug-likeness (QED) is 0.290. The second kappa shape index (κ2) is 11.6. The molecule has 3 saturated heterocycles. The molecule has 5 heterocycles. The first-order chi connectivity index (χ1) is 21.7. The molecule has 46 heavy (non-hydrogen) atoms. The molecule has 4 atom stereocenters. The van der Waals surface area contributed by atoms with Crippen LogP contribution in [0.3, 0.4) is 0 Å². The number of halogens is 5. The van der Waals surface area contributed by atoms with Crippen molar-refractivity contribution in [1.29, 1.82) is 5.26 Å². The number of anilines is 2. The normalized spacial score (nSPS) is 25.1. The van der Waals surface area contributed by atoms with Crippen molar-refractivity contribution in [3.05, 3.63) is 28.6 Å². The molecule has 2 aromatic heterocycles. The summed E-state index contributed by atoms with van der Waals surface area (Å²) >= 11 is 0. The van der Waals surface area contributed by atoms with Gasteiger partial charge in [0, 0.05) is 49.2 Å². The number of ether oxygens (including phenoxy) is 2. The third-order valence-electron chi connectivity index (χ3n) is 9.29. The minimum absolute atomic E-state index is 0.0390. The number of hydrogen-bond donors (Lipinski definition) is 2. The summed E-state index contributed by atoms with van der Waals surface area (Å²) in [6, 6.07) is 2.72. The van der Waals surface area contributed by atoms with Crippen LogP contribution in [0.4, 0.5) is 33.5 Å². The van der Waals surface area contributed by atoms with Crippen molar-refractivity contribution in [2.24, 2.45) is 5.41 Å². The van der Waals surface area contributed by atoms with E-state index in [4.69, 9.17) is 15.2 Å². The fraction of sp³-hybridized carbons (Fsp3) is 0.548. The third kappa shape index (κ3) is 5.51. The van der Waals surface area contributed by atoms with Crippen molar-refractivity contribution in [3.63, 3.8) is 0 Å². The average Bonchev–Trinajstić information content (AvgIpc) is 3.34. The number of piperazine rings is 1. The summed E-state index contributed by atoms with van der Waals surface area (Å²) in [4.78, 5) is 17.1. The van der Waals surface area contributed by atoms with E-state index < -0.39 is 51.5 Å². The van der Waals surface area contributed by atoms with Crippen LogP contribution >= 0.6 is 0 Å². The number of piperidine rings is 1. The summed E-state index contributed by atoms with van der Waals surface area (Å²) in [5, 5.41) is 13.4. The molecule has 246 valence electrons. The van der Waals surface area contributed by atoms with Gasteiger partial charge >= 0.3 is 12.2 Å². The number of fused-ring (bicyclic) bond motifs is 3. The highest BCUT2D eigenvalue weighted by Crippen LogP contribution is 2.46. The van der Waals surface area contributed by atoms with Gasteiger partial charge in [-0.15, -0.1) is 0 Å². The van der Waals surface area contributed by atoms with Gasteiger partial charge in [-0.25, -0.2) is 13.8 Å². The van der Waals surface area contributed by atoms with Gasteiger partial charge in [0.1, 0.15) is 41.3 Å². The maximum Gasteiger partial charge on any atom is 0.417 e. The number of alkyl halides is 4. The molecule has 1 aromatic carbocycles. The highest BCUT2D eigenvalue weighted by molar-refractivity contribution is 5.97. The van der Waals surface area contributed by atoms with E-state index in [0.717, 1.165) is 18.9 Å². The van der Waals surface area contributed by atoms with Gasteiger partial charge in [0.2, 0.25) is 5.88 Å². The Morgan fingerprint density at radius 2 is 1.87 bits per heavy atom. The lowest BCUT2D eigenvalue weighted by Gasteiger charge is -2.40. The highest BCUT2D eigenvalue weighted by Gasteiger charge is 2.42. The SMILES string of the molecule is COc1nc(-c2c(C#N)c(N)cc(C)c2C(F)(F)F)c(F)c2nc(OC[C@]3(C)CN(C)CC[C@@H]3F)nc(N3C[C@H]4CC[C@@H](C3)N4)c12. The predicted octanol–water partition coefficient (Wildman–Crippen LogP) is 4.62. The average molecular weight is 647 g/mol. The molecule has 6 rings (SSSR count). The summed E-state index contributed by atoms with van der Waals surface area (Å²) in [7, 11) is 3.13. The monoisotopic (exact) mass is 646 g/mol. The van der Waals surface area contributed by atoms with Gasteiger partial charge in [-0.05, 0) is 44.9 Å². The van der Waals surface area contributed by atoms with E-state index in [2.05, 4.69) is 20.3 Å². The number of methoxy groups -OCH3 is 1. The number of rotatable bonds is 6. The van der Waals surface area contributed by atoms with Gasteiger partial charge in [0.05, 0.1) is 23.9 Å². The molecule has 2 bridgehead atoms. The standard InChI is InChI=1S/C31H35F5N8O2/c1-15-9-19(38)18(10-37)21(23(15)31(34,35)36)25-24(33)26-22(28(40-25)45-4)27(44-11-16-5-6-17(12-44)39-16)42-29(41-26)46-14-30(2)13-43(3)8-7-20(30)32/h9,16-17,20,39H,5-8,11-14,38H2,1-4H3/t16-,17+,20-,30-/m0/s1. The lowest BCUT2D eigenvalue weighted by molar-refractivity contribution is -0.137. The number of pyridine rings is 1. The molecule has 15 heteroatoms. The van der Waals surface area contributed by atoms with Crippen LogP contribution in [0.5, 0.6) is 11.9 Å². The molecule has 0 unspecified atom stereocenters. The van der Waals surface area contributed by atoms with Gasteiger partial charge in [0.25, 0.3) is 0 Å². The van der Waals surface area contributed by atoms with Gasteiger partial charge in [0.15, 0.2) is 5.82 Å². The van der Waals surface area contributed by atoms with Crippen LogP contribution in [0.2, 0.25) is 0 Å². The molecule has 3 fully saturated rings. The van der Waals surface area contributed by atoms with E-state index in [0.29, 0.717) is 32.6 Å². The molecular weight excluding hydrogens is 611 g/mol. The Bertz CT molecular complexity index is 1720. The van der Waals surface area contributed by atoms with E-state index in [-0.39, 0.29) is 53.0 Å². The van der Waals surface area contributed by atoms with Crippen molar-refractivity contribution >= 4 is 22.4 Å². The number of nitriles is 1. The number of nitrogens with one attached hydrogen (secondary N) is 1. The molecule has 3 N–H and O–H groups in total. The molecule has 3 aliphatic heterocycles. The van der Waals surface area contributed by atoms with Gasteiger partial charge in [-0.1, -0.05) is 6.92 Å². The van der Waals surface area contributed by atoms with E-state index in [1.807, 2.05) is 16.8 Å². The Hall–Kier alpha value is -4.03. The summed E-state index contributed by atoms with van der Waals surface area (Å²) in [6.45, 7) is 4.80. The minimum atomic E-state index is -4.98. The molecule has 10 nitrogen and oxygen atoms in total. The van der Waals surface area contributed by atoms with E-state index in [9.17, 15) is 18.4 Å². The Labute approximate surface area is 262 Å². The smallest absolute Gasteiger partial charge is 0.417 e. The minimum Gasteiger partial charge on any atom is -0.480 e. The first-order valence-electron chi connectivity index (χ1n) is 15.1. The van der Waals surface area contributed by atoms with Crippen LogP contribution in [0.1, 0.15) is 42.9 Å². The Kier molecular flexibility index (Phi) is 8.08.